The van der Waals surface area contributed by atoms with Crippen LogP contribution in [-0.2, 0) is 0 Å². The Hall–Kier alpha value is -2.37. The summed E-state index contributed by atoms with van der Waals surface area (Å²) in [5.74, 6) is -0.707. The first-order chi connectivity index (χ1) is 8.58. The molecule has 0 aliphatic heterocycles. The molecule has 1 aliphatic rings. The maximum absolute atomic E-state index is 11.9. The smallest absolute Gasteiger partial charge is 0.282 e. The minimum atomic E-state index is -0.638. The number of carbonyl (C=O) groups is 1. The van der Waals surface area contributed by atoms with E-state index in [-0.39, 0.29) is 23.0 Å². The van der Waals surface area contributed by atoms with E-state index in [2.05, 4.69) is 5.32 Å². The molecule has 0 bridgehead atoms. The van der Waals surface area contributed by atoms with Gasteiger partial charge in [0.25, 0.3) is 11.6 Å². The van der Waals surface area contributed by atoms with Crippen LogP contribution in [0.4, 0.5) is 5.69 Å². The number of aromatic hydroxyl groups is 1. The molecule has 18 heavy (non-hydrogen) atoms. The number of phenolic OH excluding ortho intramolecular Hbond substituents is 1. The Labute approximate surface area is 103 Å². The molecule has 0 radical (unpaired) electrons. The average molecular weight is 248 g/mol. The van der Waals surface area contributed by atoms with Crippen LogP contribution in [0.15, 0.2) is 30.4 Å². The van der Waals surface area contributed by atoms with Crippen LogP contribution < -0.4 is 5.32 Å². The second-order valence-corrected chi connectivity index (χ2v) is 4.07. The number of hydrogen-bond acceptors (Lipinski definition) is 4. The Bertz CT molecular complexity index is 517. The Morgan fingerprint density at radius 2 is 2.06 bits per heavy atom. The lowest BCUT2D eigenvalue weighted by atomic mass is 10.1. The van der Waals surface area contributed by atoms with Crippen molar-refractivity contribution in [2.24, 2.45) is 0 Å². The van der Waals surface area contributed by atoms with Gasteiger partial charge in [-0.15, -0.1) is 0 Å². The van der Waals surface area contributed by atoms with Crippen molar-refractivity contribution in [3.63, 3.8) is 0 Å². The first kappa shape index (κ1) is 12.1. The molecule has 1 aliphatic carbocycles. The van der Waals surface area contributed by atoms with Gasteiger partial charge in [0.1, 0.15) is 11.3 Å². The van der Waals surface area contributed by atoms with Crippen molar-refractivity contribution in [1.82, 2.24) is 5.32 Å². The van der Waals surface area contributed by atoms with E-state index in [0.29, 0.717) is 0 Å². The van der Waals surface area contributed by atoms with Crippen LogP contribution in [0, 0.1) is 10.1 Å². The fourth-order valence-electron chi connectivity index (χ4n) is 1.86. The summed E-state index contributed by atoms with van der Waals surface area (Å²) < 4.78 is 0. The van der Waals surface area contributed by atoms with Gasteiger partial charge in [-0.3, -0.25) is 14.9 Å². The molecule has 6 heteroatoms. The zero-order valence-corrected chi connectivity index (χ0v) is 9.50. The number of nitrogens with one attached hydrogen (secondary N) is 1. The van der Waals surface area contributed by atoms with E-state index < -0.39 is 10.8 Å². The van der Waals surface area contributed by atoms with Gasteiger partial charge in [-0.05, 0) is 25.0 Å². The molecule has 94 valence electrons. The van der Waals surface area contributed by atoms with E-state index in [1.807, 2.05) is 12.2 Å². The zero-order valence-electron chi connectivity index (χ0n) is 9.50. The first-order valence-electron chi connectivity index (χ1n) is 5.51. The van der Waals surface area contributed by atoms with Crippen molar-refractivity contribution in [3.8, 4) is 5.75 Å². The standard InChI is InChI=1S/C12H12N2O4/c15-9-5-6-11(14(17)18)10(7-9)12(16)13-8-3-1-2-4-8/h1-2,5-8,15H,3-4H2,(H,13,16). The molecule has 0 fully saturated rings. The molecule has 0 saturated carbocycles. The van der Waals surface area contributed by atoms with Crippen LogP contribution >= 0.6 is 0 Å². The number of rotatable bonds is 3. The number of nitrogens with zero attached hydrogens (tertiary/aromatic N) is 1. The van der Waals surface area contributed by atoms with Gasteiger partial charge in [-0.1, -0.05) is 12.2 Å². The minimum Gasteiger partial charge on any atom is -0.508 e. The Morgan fingerprint density at radius 1 is 1.39 bits per heavy atom. The van der Waals surface area contributed by atoms with Crippen LogP contribution in [0.5, 0.6) is 5.75 Å². The van der Waals surface area contributed by atoms with Gasteiger partial charge in [0, 0.05) is 12.1 Å². The van der Waals surface area contributed by atoms with Crippen molar-refractivity contribution < 1.29 is 14.8 Å². The van der Waals surface area contributed by atoms with Crippen molar-refractivity contribution in [2.45, 2.75) is 18.9 Å². The summed E-state index contributed by atoms with van der Waals surface area (Å²) in [6.07, 6.45) is 5.33. The highest BCUT2D eigenvalue weighted by Gasteiger charge is 2.23. The largest absolute Gasteiger partial charge is 0.508 e. The van der Waals surface area contributed by atoms with E-state index in [1.165, 1.54) is 6.07 Å². The van der Waals surface area contributed by atoms with Crippen LogP contribution in [0.2, 0.25) is 0 Å². The Balaban J connectivity index is 2.22. The van der Waals surface area contributed by atoms with E-state index in [9.17, 15) is 20.0 Å². The number of hydrogen-bond donors (Lipinski definition) is 2. The number of carbonyl (C=O) groups excluding carboxylic acids is 1. The van der Waals surface area contributed by atoms with Crippen LogP contribution in [0.1, 0.15) is 23.2 Å². The number of nitro groups is 1. The van der Waals surface area contributed by atoms with E-state index in [4.69, 9.17) is 0 Å². The summed E-state index contributed by atoms with van der Waals surface area (Å²) in [6.45, 7) is 0. The lowest BCUT2D eigenvalue weighted by molar-refractivity contribution is -0.385. The molecule has 6 nitrogen and oxygen atoms in total. The normalized spacial score (nSPS) is 14.7. The molecule has 2 N–H and O–H groups in total. The second-order valence-electron chi connectivity index (χ2n) is 4.07. The lowest BCUT2D eigenvalue weighted by Crippen LogP contribution is -2.33. The van der Waals surface area contributed by atoms with Gasteiger partial charge in [-0.25, -0.2) is 0 Å². The van der Waals surface area contributed by atoms with Crippen molar-refractivity contribution >= 4 is 11.6 Å². The van der Waals surface area contributed by atoms with Gasteiger partial charge >= 0.3 is 0 Å². The second kappa shape index (κ2) is 4.87. The monoisotopic (exact) mass is 248 g/mol. The molecule has 0 unspecified atom stereocenters. The van der Waals surface area contributed by atoms with Crippen LogP contribution in [0.25, 0.3) is 0 Å². The van der Waals surface area contributed by atoms with Crippen molar-refractivity contribution in [3.05, 3.63) is 46.0 Å². The van der Waals surface area contributed by atoms with Gasteiger partial charge in [-0.2, -0.15) is 0 Å². The quantitative estimate of drug-likeness (QED) is 0.484. The molecule has 0 atom stereocenters. The maximum Gasteiger partial charge on any atom is 0.282 e. The topological polar surface area (TPSA) is 92.5 Å². The summed E-state index contributed by atoms with van der Waals surface area (Å²) in [7, 11) is 0. The van der Waals surface area contributed by atoms with Crippen molar-refractivity contribution in [2.75, 3.05) is 0 Å². The molecule has 0 aromatic heterocycles. The summed E-state index contributed by atoms with van der Waals surface area (Å²) in [5.41, 5.74) is -0.428. The highest BCUT2D eigenvalue weighted by Crippen LogP contribution is 2.23. The minimum absolute atomic E-state index is 0.0283. The van der Waals surface area contributed by atoms with Crippen LogP contribution in [0.3, 0.4) is 0 Å². The van der Waals surface area contributed by atoms with Gasteiger partial charge in [0.05, 0.1) is 4.92 Å². The fourth-order valence-corrected chi connectivity index (χ4v) is 1.86. The van der Waals surface area contributed by atoms with Gasteiger partial charge < -0.3 is 10.4 Å². The van der Waals surface area contributed by atoms with Crippen LogP contribution in [-0.4, -0.2) is 22.0 Å². The summed E-state index contributed by atoms with van der Waals surface area (Å²) in [6, 6.07) is 3.39. The molecule has 1 aromatic rings. The number of amides is 1. The molecular weight excluding hydrogens is 236 g/mol. The molecular formula is C12H12N2O4. The molecule has 1 aromatic carbocycles. The van der Waals surface area contributed by atoms with E-state index in [1.54, 1.807) is 0 Å². The molecule has 2 rings (SSSR count). The lowest BCUT2D eigenvalue weighted by Gasteiger charge is -2.12. The number of phenols is 1. The third-order valence-corrected chi connectivity index (χ3v) is 2.76. The molecule has 0 spiro atoms. The zero-order chi connectivity index (χ0) is 13.1. The van der Waals surface area contributed by atoms with Gasteiger partial charge in [0.15, 0.2) is 0 Å². The molecule has 0 saturated heterocycles. The van der Waals surface area contributed by atoms with Gasteiger partial charge in [0.2, 0.25) is 0 Å². The van der Waals surface area contributed by atoms with Crippen molar-refractivity contribution in [1.29, 1.82) is 0 Å². The summed E-state index contributed by atoms with van der Waals surface area (Å²) in [4.78, 5) is 22.1. The Morgan fingerprint density at radius 3 is 2.67 bits per heavy atom. The predicted octanol–water partition coefficient (Wildman–Crippen LogP) is 1.75. The highest BCUT2D eigenvalue weighted by atomic mass is 16.6. The number of benzene rings is 1. The maximum atomic E-state index is 11.9. The Kier molecular flexibility index (Phi) is 3.27. The SMILES string of the molecule is O=C(NC1CC=CC1)c1cc(O)ccc1[N+](=O)[O-]. The first-order valence-corrected chi connectivity index (χ1v) is 5.51. The third-order valence-electron chi connectivity index (χ3n) is 2.76. The third kappa shape index (κ3) is 2.48. The molecule has 1 amide bonds. The fraction of sp³-hybridized carbons (Fsp3) is 0.250. The average Bonchev–Trinajstić information content (AvgIpc) is 2.81. The summed E-state index contributed by atoms with van der Waals surface area (Å²) >= 11 is 0. The van der Waals surface area contributed by atoms with E-state index in [0.717, 1.165) is 25.0 Å². The highest BCUT2D eigenvalue weighted by molar-refractivity contribution is 5.98. The summed E-state index contributed by atoms with van der Waals surface area (Å²) in [5, 5.41) is 22.8. The molecule has 0 heterocycles. The number of nitro benzene ring substituents is 1. The predicted molar refractivity (Wildman–Crippen MR) is 64.4 cm³/mol. The van der Waals surface area contributed by atoms with E-state index >= 15 is 0 Å².